The first-order chi connectivity index (χ1) is 19.4. The van der Waals surface area contributed by atoms with Gasteiger partial charge in [0.15, 0.2) is 0 Å². The monoisotopic (exact) mass is 760 g/mol. The van der Waals surface area contributed by atoms with Crippen LogP contribution in [0, 0.1) is 12.7 Å². The molecule has 2 amide bonds. The highest BCUT2D eigenvalue weighted by Crippen LogP contribution is 2.44. The van der Waals surface area contributed by atoms with E-state index in [-0.39, 0.29) is 11.2 Å². The molecule has 12 nitrogen and oxygen atoms in total. The maximum Gasteiger partial charge on any atom is 0.323 e. The fraction of sp³-hybridized carbons (Fsp3) is 0.182. The van der Waals surface area contributed by atoms with Crippen LogP contribution in [0.3, 0.4) is 0 Å². The van der Waals surface area contributed by atoms with Crippen LogP contribution in [0.25, 0.3) is 10.9 Å². The topological polar surface area (TPSA) is 145 Å². The fourth-order valence-electron chi connectivity index (χ4n) is 3.70. The van der Waals surface area contributed by atoms with Crippen molar-refractivity contribution in [2.45, 2.75) is 15.2 Å². The summed E-state index contributed by atoms with van der Waals surface area (Å²) < 4.78 is 65.5. The number of carbonyl (C=O) groups excluding carboxylic acids is 2. The highest BCUT2D eigenvalue weighted by atomic mass is 79.9. The van der Waals surface area contributed by atoms with Gasteiger partial charge in [0.25, 0.3) is 20.1 Å². The van der Waals surface area contributed by atoms with Crippen molar-refractivity contribution in [2.24, 2.45) is 0 Å². The number of imide groups is 1. The van der Waals surface area contributed by atoms with Gasteiger partial charge in [-0.25, -0.2) is 17.7 Å². The van der Waals surface area contributed by atoms with Crippen LogP contribution in [0.15, 0.2) is 58.4 Å². The van der Waals surface area contributed by atoms with Crippen LogP contribution in [-0.4, -0.2) is 72.6 Å². The molecule has 1 aliphatic rings. The summed E-state index contributed by atoms with van der Waals surface area (Å²) in [6, 6.07) is 10.2. The minimum Gasteiger partial charge on any atom is -0.268 e. The molecule has 0 aliphatic carbocycles. The second kappa shape index (κ2) is 11.7. The zero-order chi connectivity index (χ0) is 31.4. The van der Waals surface area contributed by atoms with E-state index in [1.54, 1.807) is 24.3 Å². The third-order valence-electron chi connectivity index (χ3n) is 5.61. The van der Waals surface area contributed by atoms with E-state index in [4.69, 9.17) is 34.8 Å². The maximum atomic E-state index is 13.7. The Morgan fingerprint density at radius 1 is 1.00 bits per heavy atom. The Hall–Kier alpha value is -2.25. The van der Waals surface area contributed by atoms with Gasteiger partial charge in [0.1, 0.15) is 12.1 Å². The minimum atomic E-state index is -4.36. The van der Waals surface area contributed by atoms with E-state index in [0.717, 1.165) is 25.0 Å². The van der Waals surface area contributed by atoms with E-state index in [9.17, 15) is 30.8 Å². The van der Waals surface area contributed by atoms with Gasteiger partial charge in [0.05, 0.1) is 16.6 Å². The lowest BCUT2D eigenvalue weighted by Crippen LogP contribution is -2.29. The van der Waals surface area contributed by atoms with Gasteiger partial charge in [-0.05, 0) is 53.2 Å². The molecule has 0 atom stereocenters. The van der Waals surface area contributed by atoms with Gasteiger partial charge < -0.3 is 0 Å². The predicted molar refractivity (Wildman–Crippen MR) is 160 cm³/mol. The average Bonchev–Trinajstić information content (AvgIpc) is 3.56. The first-order valence-electron chi connectivity index (χ1n) is 11.2. The number of nitrogens with zero attached hydrogens (tertiary/aromatic N) is 6. The molecule has 5 rings (SSSR count). The Balaban J connectivity index is 0.000000216. The molecule has 1 aliphatic heterocycles. The second-order valence-corrected chi connectivity index (χ2v) is 17.1. The minimum absolute atomic E-state index is 0.0844. The lowest BCUT2D eigenvalue weighted by molar-refractivity contribution is 0.0777. The SMILES string of the molecule is Cc1c(Br)c2ccc(F)cc2n1S(=O)(=O)c1ncn(S(=O)(=O)N(C)C)n1.O=C1c2ccccc2C(=O)N1SC(Cl)(Cl)Cl. The van der Waals surface area contributed by atoms with Crippen molar-refractivity contribution in [3.05, 3.63) is 75.9 Å². The van der Waals surface area contributed by atoms with Crippen LogP contribution in [-0.2, 0) is 20.2 Å². The lowest BCUT2D eigenvalue weighted by atomic mass is 10.1. The number of alkyl halides is 3. The molecular formula is C22H17BrCl3FN6O6S3. The van der Waals surface area contributed by atoms with E-state index in [2.05, 4.69) is 26.0 Å². The Morgan fingerprint density at radius 2 is 1.57 bits per heavy atom. The summed E-state index contributed by atoms with van der Waals surface area (Å²) in [5.74, 6) is -1.54. The van der Waals surface area contributed by atoms with Crippen LogP contribution in [0.5, 0.6) is 0 Å². The molecule has 3 heterocycles. The van der Waals surface area contributed by atoms with Crippen LogP contribution in [0.4, 0.5) is 4.39 Å². The van der Waals surface area contributed by atoms with Gasteiger partial charge in [0.2, 0.25) is 0 Å². The number of fused-ring (bicyclic) bond motifs is 2. The summed E-state index contributed by atoms with van der Waals surface area (Å²) in [5, 5.41) is 3.35. The normalized spacial score (nSPS) is 14.0. The maximum absolute atomic E-state index is 13.7. The molecule has 0 fully saturated rings. The summed E-state index contributed by atoms with van der Waals surface area (Å²) in [6.07, 6.45) is 0.791. The summed E-state index contributed by atoms with van der Waals surface area (Å²) in [6.45, 7) is 1.52. The van der Waals surface area contributed by atoms with Crippen LogP contribution < -0.4 is 0 Å². The Kier molecular flexibility index (Phi) is 9.08. The molecule has 0 unspecified atom stereocenters. The quantitative estimate of drug-likeness (QED) is 0.162. The molecule has 0 saturated carbocycles. The number of benzene rings is 2. The van der Waals surface area contributed by atoms with E-state index in [0.29, 0.717) is 37.0 Å². The van der Waals surface area contributed by atoms with Crippen molar-refractivity contribution in [3.8, 4) is 0 Å². The van der Waals surface area contributed by atoms with E-state index in [1.807, 2.05) is 0 Å². The smallest absolute Gasteiger partial charge is 0.268 e. The molecule has 0 spiro atoms. The van der Waals surface area contributed by atoms with Crippen molar-refractivity contribution in [2.75, 3.05) is 14.1 Å². The summed E-state index contributed by atoms with van der Waals surface area (Å²) in [4.78, 5) is 27.2. The molecule has 2 aromatic carbocycles. The number of amides is 2. The molecule has 2 aromatic heterocycles. The summed E-state index contributed by atoms with van der Waals surface area (Å²) in [5.41, 5.74) is 1.02. The molecule has 0 N–H and O–H groups in total. The number of rotatable bonds is 5. The van der Waals surface area contributed by atoms with Crippen molar-refractivity contribution in [1.82, 2.24) is 26.8 Å². The molecule has 0 radical (unpaired) electrons. The molecule has 0 saturated heterocycles. The standard InChI is InChI=1S/C13H13BrFN5O4S2.C9H4Cl3NO2S/c1-8-12(14)10-5-4-9(15)6-11(10)20(8)25(21,22)13-16-7-19(17-13)26(23,24)18(2)3;10-9(11,12)16-13-7(14)5-3-1-2-4-6(5)8(13)15/h4-7H,1-3H3;1-4H. The van der Waals surface area contributed by atoms with Crippen molar-refractivity contribution < 1.29 is 30.8 Å². The van der Waals surface area contributed by atoms with Crippen LogP contribution >= 0.6 is 62.7 Å². The fourth-order valence-corrected chi connectivity index (χ4v) is 7.65. The zero-order valence-corrected chi connectivity index (χ0v) is 27.7. The lowest BCUT2D eigenvalue weighted by Gasteiger charge is -2.17. The van der Waals surface area contributed by atoms with E-state index in [1.165, 1.54) is 33.2 Å². The highest BCUT2D eigenvalue weighted by Gasteiger charge is 2.40. The summed E-state index contributed by atoms with van der Waals surface area (Å²) >= 11 is 20.5. The van der Waals surface area contributed by atoms with E-state index < -0.39 is 46.1 Å². The highest BCUT2D eigenvalue weighted by molar-refractivity contribution is 9.10. The van der Waals surface area contributed by atoms with Gasteiger partial charge in [0, 0.05) is 41.6 Å². The van der Waals surface area contributed by atoms with Crippen LogP contribution in [0.1, 0.15) is 26.4 Å². The third kappa shape index (κ3) is 6.06. The Labute approximate surface area is 266 Å². The first-order valence-corrected chi connectivity index (χ1v) is 16.7. The van der Waals surface area contributed by atoms with Gasteiger partial charge in [-0.1, -0.05) is 46.9 Å². The van der Waals surface area contributed by atoms with E-state index >= 15 is 0 Å². The number of aromatic nitrogens is 4. The molecular weight excluding hydrogens is 746 g/mol. The number of halogens is 5. The molecule has 224 valence electrons. The Morgan fingerprint density at radius 3 is 2.10 bits per heavy atom. The predicted octanol–water partition coefficient (Wildman–Crippen LogP) is 4.59. The second-order valence-electron chi connectivity index (χ2n) is 8.51. The third-order valence-corrected chi connectivity index (χ3v) is 11.1. The summed E-state index contributed by atoms with van der Waals surface area (Å²) in [7, 11) is -5.84. The van der Waals surface area contributed by atoms with Gasteiger partial charge in [-0.2, -0.15) is 21.1 Å². The molecule has 4 aromatic rings. The van der Waals surface area contributed by atoms with Gasteiger partial charge >= 0.3 is 20.2 Å². The first kappa shape index (κ1) is 32.7. The van der Waals surface area contributed by atoms with Crippen LogP contribution in [0.2, 0.25) is 0 Å². The number of hydrogen-bond donors (Lipinski definition) is 0. The molecule has 42 heavy (non-hydrogen) atoms. The largest absolute Gasteiger partial charge is 0.323 e. The number of hydrogen-bond acceptors (Lipinski definition) is 9. The van der Waals surface area contributed by atoms with Gasteiger partial charge in [-0.15, -0.1) is 9.19 Å². The number of carbonyl (C=O) groups is 2. The van der Waals surface area contributed by atoms with Crippen molar-refractivity contribution >= 4 is 106 Å². The Bertz CT molecular complexity index is 1930. The molecule has 20 heteroatoms. The van der Waals surface area contributed by atoms with Gasteiger partial charge in [-0.3, -0.25) is 9.59 Å². The zero-order valence-electron chi connectivity index (χ0n) is 21.4. The van der Waals surface area contributed by atoms with Crippen molar-refractivity contribution in [3.63, 3.8) is 0 Å². The average molecular weight is 763 g/mol. The molecule has 0 bridgehead atoms. The van der Waals surface area contributed by atoms with Crippen molar-refractivity contribution in [1.29, 1.82) is 0 Å².